The van der Waals surface area contributed by atoms with E-state index < -0.39 is 23.3 Å². The summed E-state index contributed by atoms with van der Waals surface area (Å²) in [5.74, 6) is -0.903. The fourth-order valence-corrected chi connectivity index (χ4v) is 2.78. The number of hydrogen-bond acceptors (Lipinski definition) is 6. The molecule has 2 N–H and O–H groups in total. The average Bonchev–Trinajstić information content (AvgIpc) is 2.75. The van der Waals surface area contributed by atoms with Crippen molar-refractivity contribution < 1.29 is 24.0 Å². The predicted molar refractivity (Wildman–Crippen MR) is 109 cm³/mol. The van der Waals surface area contributed by atoms with Crippen molar-refractivity contribution >= 4 is 28.3 Å². The number of hydrazine groups is 1. The van der Waals surface area contributed by atoms with Gasteiger partial charge in [0.1, 0.15) is 5.75 Å². The Hall–Kier alpha value is -4.14. The Morgan fingerprint density at radius 1 is 0.933 bits per heavy atom. The number of benzene rings is 3. The van der Waals surface area contributed by atoms with Gasteiger partial charge in [-0.2, -0.15) is 0 Å². The Bertz CT molecular complexity index is 1100. The number of nitro benzene ring substituents is 1. The van der Waals surface area contributed by atoms with E-state index in [1.165, 1.54) is 18.2 Å². The van der Waals surface area contributed by atoms with Crippen molar-refractivity contribution in [1.29, 1.82) is 0 Å². The molecule has 9 nitrogen and oxygen atoms in total. The number of para-hydroxylation sites is 2. The van der Waals surface area contributed by atoms with E-state index in [1.54, 1.807) is 25.1 Å². The summed E-state index contributed by atoms with van der Waals surface area (Å²) in [5.41, 5.74) is 4.53. The molecule has 3 rings (SSSR count). The van der Waals surface area contributed by atoms with Crippen LogP contribution in [0.4, 0.5) is 5.69 Å². The van der Waals surface area contributed by atoms with Gasteiger partial charge < -0.3 is 9.47 Å². The molecule has 0 bridgehead atoms. The van der Waals surface area contributed by atoms with Crippen molar-refractivity contribution in [3.63, 3.8) is 0 Å². The molecule has 0 fully saturated rings. The van der Waals surface area contributed by atoms with Crippen LogP contribution in [0.15, 0.2) is 60.7 Å². The monoisotopic (exact) mass is 409 g/mol. The van der Waals surface area contributed by atoms with Crippen LogP contribution in [0, 0.1) is 10.1 Å². The Balaban J connectivity index is 1.65. The summed E-state index contributed by atoms with van der Waals surface area (Å²) in [5, 5.41) is 12.7. The standard InChI is InChI=1S/C21H19N3O6/c1-2-29-19-12-15-8-4-3-7-14(15)11-16(19)21(26)23-22-20(25)13-30-18-10-6-5-9-17(18)24(27)28/h3-12H,2,13H2,1H3,(H,22,25)(H,23,26). The molecule has 154 valence electrons. The minimum Gasteiger partial charge on any atom is -0.493 e. The van der Waals surface area contributed by atoms with E-state index in [0.29, 0.717) is 12.4 Å². The van der Waals surface area contributed by atoms with Gasteiger partial charge in [0.2, 0.25) is 0 Å². The van der Waals surface area contributed by atoms with Gasteiger partial charge in [-0.05, 0) is 35.9 Å². The third-order valence-corrected chi connectivity index (χ3v) is 4.13. The van der Waals surface area contributed by atoms with Crippen LogP contribution in [-0.2, 0) is 4.79 Å². The predicted octanol–water partition coefficient (Wildman–Crippen LogP) is 2.99. The Kier molecular flexibility index (Phi) is 6.43. The zero-order valence-electron chi connectivity index (χ0n) is 16.1. The quantitative estimate of drug-likeness (QED) is 0.457. The second kappa shape index (κ2) is 9.37. The van der Waals surface area contributed by atoms with Gasteiger partial charge in [-0.25, -0.2) is 0 Å². The molecule has 0 aromatic heterocycles. The van der Waals surface area contributed by atoms with Gasteiger partial charge in [0.05, 0.1) is 17.1 Å². The van der Waals surface area contributed by atoms with E-state index in [0.717, 1.165) is 10.8 Å². The van der Waals surface area contributed by atoms with Crippen LogP contribution < -0.4 is 20.3 Å². The summed E-state index contributed by atoms with van der Waals surface area (Å²) in [4.78, 5) is 34.9. The zero-order valence-corrected chi connectivity index (χ0v) is 16.1. The highest BCUT2D eigenvalue weighted by Gasteiger charge is 2.17. The van der Waals surface area contributed by atoms with E-state index in [-0.39, 0.29) is 17.0 Å². The molecule has 3 aromatic carbocycles. The average molecular weight is 409 g/mol. The van der Waals surface area contributed by atoms with E-state index in [9.17, 15) is 19.7 Å². The first-order chi connectivity index (χ1) is 14.5. The minimum absolute atomic E-state index is 0.0443. The van der Waals surface area contributed by atoms with E-state index in [4.69, 9.17) is 9.47 Å². The number of ether oxygens (including phenoxy) is 2. The van der Waals surface area contributed by atoms with Crippen molar-refractivity contribution in [3.05, 3.63) is 76.3 Å². The van der Waals surface area contributed by atoms with Crippen molar-refractivity contribution in [3.8, 4) is 11.5 Å². The molecule has 0 atom stereocenters. The smallest absolute Gasteiger partial charge is 0.310 e. The van der Waals surface area contributed by atoms with Crippen LogP contribution in [0.1, 0.15) is 17.3 Å². The maximum Gasteiger partial charge on any atom is 0.310 e. The number of nitro groups is 1. The first-order valence-electron chi connectivity index (χ1n) is 9.10. The molecule has 0 saturated heterocycles. The third-order valence-electron chi connectivity index (χ3n) is 4.13. The van der Waals surface area contributed by atoms with E-state index in [1.807, 2.05) is 24.3 Å². The number of hydrogen-bond donors (Lipinski definition) is 2. The number of nitrogens with one attached hydrogen (secondary N) is 2. The van der Waals surface area contributed by atoms with Gasteiger partial charge in [0.15, 0.2) is 12.4 Å². The summed E-state index contributed by atoms with van der Waals surface area (Å²) in [6.07, 6.45) is 0. The molecule has 0 aliphatic heterocycles. The van der Waals surface area contributed by atoms with Crippen LogP contribution in [-0.4, -0.2) is 30.0 Å². The van der Waals surface area contributed by atoms with Gasteiger partial charge in [0.25, 0.3) is 11.8 Å². The largest absolute Gasteiger partial charge is 0.493 e. The minimum atomic E-state index is -0.680. The number of carbonyl (C=O) groups excluding carboxylic acids is 2. The van der Waals surface area contributed by atoms with Gasteiger partial charge >= 0.3 is 5.69 Å². The lowest BCUT2D eigenvalue weighted by Gasteiger charge is -2.13. The van der Waals surface area contributed by atoms with Crippen LogP contribution in [0.25, 0.3) is 10.8 Å². The van der Waals surface area contributed by atoms with Crippen molar-refractivity contribution in [2.45, 2.75) is 6.92 Å². The highest BCUT2D eigenvalue weighted by molar-refractivity contribution is 6.02. The fraction of sp³-hybridized carbons (Fsp3) is 0.143. The lowest BCUT2D eigenvalue weighted by molar-refractivity contribution is -0.385. The van der Waals surface area contributed by atoms with Gasteiger partial charge in [-0.15, -0.1) is 0 Å². The molecule has 30 heavy (non-hydrogen) atoms. The van der Waals surface area contributed by atoms with Crippen LogP contribution in [0.5, 0.6) is 11.5 Å². The Morgan fingerprint density at radius 3 is 2.30 bits per heavy atom. The summed E-state index contributed by atoms with van der Waals surface area (Å²) in [7, 11) is 0. The first kappa shape index (κ1) is 20.6. The van der Waals surface area contributed by atoms with Crippen molar-refractivity contribution in [1.82, 2.24) is 10.9 Å². The van der Waals surface area contributed by atoms with Crippen LogP contribution in [0.2, 0.25) is 0 Å². The third kappa shape index (κ3) is 4.82. The second-order valence-corrected chi connectivity index (χ2v) is 6.14. The van der Waals surface area contributed by atoms with E-state index in [2.05, 4.69) is 10.9 Å². The first-order valence-corrected chi connectivity index (χ1v) is 9.10. The van der Waals surface area contributed by atoms with Crippen LogP contribution >= 0.6 is 0 Å². The molecule has 0 saturated carbocycles. The van der Waals surface area contributed by atoms with E-state index >= 15 is 0 Å². The summed E-state index contributed by atoms with van der Waals surface area (Å²) >= 11 is 0. The SMILES string of the molecule is CCOc1cc2ccccc2cc1C(=O)NNC(=O)COc1ccccc1[N+](=O)[O-]. The number of amides is 2. The summed E-state index contributed by atoms with van der Waals surface area (Å²) in [6, 6.07) is 16.6. The number of fused-ring (bicyclic) bond motifs is 1. The molecular weight excluding hydrogens is 390 g/mol. The van der Waals surface area contributed by atoms with Crippen molar-refractivity contribution in [2.75, 3.05) is 13.2 Å². The molecule has 9 heteroatoms. The highest BCUT2D eigenvalue weighted by atomic mass is 16.6. The molecule has 0 heterocycles. The molecular formula is C21H19N3O6. The molecule has 0 aliphatic carbocycles. The molecule has 3 aromatic rings. The lowest BCUT2D eigenvalue weighted by atomic mass is 10.1. The zero-order chi connectivity index (χ0) is 21.5. The van der Waals surface area contributed by atoms with Crippen LogP contribution in [0.3, 0.4) is 0 Å². The second-order valence-electron chi connectivity index (χ2n) is 6.14. The molecule has 0 aliphatic rings. The normalized spacial score (nSPS) is 10.3. The molecule has 0 spiro atoms. The van der Waals surface area contributed by atoms with Gasteiger partial charge in [-0.3, -0.25) is 30.6 Å². The fourth-order valence-electron chi connectivity index (χ4n) is 2.78. The maximum absolute atomic E-state index is 12.6. The number of rotatable bonds is 7. The van der Waals surface area contributed by atoms with Crippen molar-refractivity contribution in [2.24, 2.45) is 0 Å². The lowest BCUT2D eigenvalue weighted by Crippen LogP contribution is -2.44. The van der Waals surface area contributed by atoms with Gasteiger partial charge in [0, 0.05) is 6.07 Å². The Labute approximate surface area is 171 Å². The highest BCUT2D eigenvalue weighted by Crippen LogP contribution is 2.27. The molecule has 0 unspecified atom stereocenters. The molecule has 0 radical (unpaired) electrons. The summed E-state index contributed by atoms with van der Waals surface area (Å²) in [6.45, 7) is 1.66. The number of nitrogens with zero attached hydrogens (tertiary/aromatic N) is 1. The number of carbonyl (C=O) groups is 2. The topological polar surface area (TPSA) is 120 Å². The Morgan fingerprint density at radius 2 is 1.60 bits per heavy atom. The van der Waals surface area contributed by atoms with Gasteiger partial charge in [-0.1, -0.05) is 36.4 Å². The summed E-state index contributed by atoms with van der Waals surface area (Å²) < 4.78 is 10.7. The maximum atomic E-state index is 12.6. The molecule has 2 amide bonds.